The third-order valence-corrected chi connectivity index (χ3v) is 5.09. The smallest absolute Gasteiger partial charge is 0.367 e. The van der Waals surface area contributed by atoms with Gasteiger partial charge in [0.1, 0.15) is 0 Å². The number of benzene rings is 1. The van der Waals surface area contributed by atoms with Crippen LogP contribution in [0, 0.1) is 0 Å². The lowest BCUT2D eigenvalue weighted by Gasteiger charge is -2.49. The van der Waals surface area contributed by atoms with Crippen LogP contribution in [0.25, 0.3) is 0 Å². The molecule has 1 aromatic rings. The summed E-state index contributed by atoms with van der Waals surface area (Å²) < 4.78 is 61.4. The zero-order valence-corrected chi connectivity index (χ0v) is 12.3. The minimum atomic E-state index is -5.36. The fourth-order valence-corrected chi connectivity index (χ4v) is 3.59. The Morgan fingerprint density at radius 2 is 1.86 bits per heavy atom. The van der Waals surface area contributed by atoms with E-state index in [9.17, 15) is 21.6 Å². The highest BCUT2D eigenvalue weighted by Gasteiger charge is 2.49. The summed E-state index contributed by atoms with van der Waals surface area (Å²) in [6, 6.07) is 5.16. The van der Waals surface area contributed by atoms with E-state index in [1.54, 1.807) is 4.90 Å². The molecule has 118 valence electrons. The van der Waals surface area contributed by atoms with Gasteiger partial charge in [0.25, 0.3) is 9.84 Å². The minimum absolute atomic E-state index is 0.0620. The van der Waals surface area contributed by atoms with Gasteiger partial charge >= 0.3 is 5.51 Å². The standard InChI is InChI=1S/C13H17F3N2O2S/c1-2-7-12(17)8-18(9-12)10-5-3-4-6-11(10)21(19,20)13(14,15)16/h3-6H,2,7-9,17H2,1H3. The van der Waals surface area contributed by atoms with Gasteiger partial charge in [-0.1, -0.05) is 25.5 Å². The average molecular weight is 322 g/mol. The summed E-state index contributed by atoms with van der Waals surface area (Å²) in [4.78, 5) is 0.866. The van der Waals surface area contributed by atoms with E-state index < -0.39 is 25.8 Å². The molecule has 0 radical (unpaired) electrons. The lowest BCUT2D eigenvalue weighted by molar-refractivity contribution is -0.0435. The number of hydrogen-bond donors (Lipinski definition) is 1. The number of anilines is 1. The van der Waals surface area contributed by atoms with Crippen LogP contribution in [0.3, 0.4) is 0 Å². The summed E-state index contributed by atoms with van der Waals surface area (Å²) >= 11 is 0. The Hall–Kier alpha value is -1.28. The number of para-hydroxylation sites is 1. The van der Waals surface area contributed by atoms with E-state index in [1.807, 2.05) is 6.92 Å². The van der Waals surface area contributed by atoms with Gasteiger partial charge < -0.3 is 10.6 Å². The van der Waals surface area contributed by atoms with E-state index in [0.29, 0.717) is 13.1 Å². The van der Waals surface area contributed by atoms with Crippen molar-refractivity contribution in [3.8, 4) is 0 Å². The molecule has 2 N–H and O–H groups in total. The fourth-order valence-electron chi connectivity index (χ4n) is 2.61. The van der Waals surface area contributed by atoms with Crippen molar-refractivity contribution >= 4 is 15.5 Å². The molecular formula is C13H17F3N2O2S. The van der Waals surface area contributed by atoms with Crippen LogP contribution in [0.5, 0.6) is 0 Å². The minimum Gasteiger partial charge on any atom is -0.367 e. The van der Waals surface area contributed by atoms with Crippen LogP contribution < -0.4 is 10.6 Å². The van der Waals surface area contributed by atoms with Crippen molar-refractivity contribution in [2.24, 2.45) is 5.73 Å². The van der Waals surface area contributed by atoms with Crippen LogP contribution in [-0.2, 0) is 9.84 Å². The maximum absolute atomic E-state index is 12.7. The Kier molecular flexibility index (Phi) is 3.96. The van der Waals surface area contributed by atoms with Gasteiger partial charge in [0.15, 0.2) is 0 Å². The molecule has 0 saturated carbocycles. The molecule has 4 nitrogen and oxygen atoms in total. The highest BCUT2D eigenvalue weighted by molar-refractivity contribution is 7.92. The van der Waals surface area contributed by atoms with Gasteiger partial charge in [-0.2, -0.15) is 13.2 Å². The van der Waals surface area contributed by atoms with E-state index in [-0.39, 0.29) is 5.69 Å². The topological polar surface area (TPSA) is 63.4 Å². The van der Waals surface area contributed by atoms with Gasteiger partial charge in [-0.15, -0.1) is 0 Å². The Balaban J connectivity index is 2.33. The molecule has 0 unspecified atom stereocenters. The monoisotopic (exact) mass is 322 g/mol. The van der Waals surface area contributed by atoms with E-state index in [0.717, 1.165) is 18.9 Å². The second-order valence-electron chi connectivity index (χ2n) is 5.39. The molecule has 0 bridgehead atoms. The summed E-state index contributed by atoms with van der Waals surface area (Å²) in [5, 5.41) is 0. The van der Waals surface area contributed by atoms with Crippen LogP contribution >= 0.6 is 0 Å². The van der Waals surface area contributed by atoms with Gasteiger partial charge in [-0.05, 0) is 18.6 Å². The van der Waals surface area contributed by atoms with Gasteiger partial charge in [-0.25, -0.2) is 8.42 Å². The molecule has 1 aliphatic heterocycles. The quantitative estimate of drug-likeness (QED) is 0.924. The molecule has 1 aromatic carbocycles. The second kappa shape index (κ2) is 5.17. The van der Waals surface area contributed by atoms with Crippen LogP contribution in [0.2, 0.25) is 0 Å². The Labute approximate surface area is 121 Å². The van der Waals surface area contributed by atoms with Crippen molar-refractivity contribution in [3.63, 3.8) is 0 Å². The molecule has 2 rings (SSSR count). The molecule has 0 aromatic heterocycles. The zero-order valence-electron chi connectivity index (χ0n) is 11.5. The molecule has 0 aliphatic carbocycles. The summed E-state index contributed by atoms with van der Waals surface area (Å²) in [6.45, 7) is 2.68. The Bertz CT molecular complexity index is 623. The third kappa shape index (κ3) is 2.87. The molecule has 21 heavy (non-hydrogen) atoms. The van der Waals surface area contributed by atoms with Crippen molar-refractivity contribution in [2.45, 2.75) is 35.7 Å². The molecule has 8 heteroatoms. The Morgan fingerprint density at radius 1 is 1.29 bits per heavy atom. The number of hydrogen-bond acceptors (Lipinski definition) is 4. The lowest BCUT2D eigenvalue weighted by Crippen LogP contribution is -2.67. The fraction of sp³-hybridized carbons (Fsp3) is 0.538. The first-order valence-corrected chi connectivity index (χ1v) is 8.03. The van der Waals surface area contributed by atoms with Crippen molar-refractivity contribution in [1.29, 1.82) is 0 Å². The highest BCUT2D eigenvalue weighted by Crippen LogP contribution is 2.38. The summed E-state index contributed by atoms with van der Waals surface area (Å²) in [7, 11) is -5.36. The molecule has 0 amide bonds. The zero-order chi connectivity index (χ0) is 15.9. The number of sulfone groups is 1. The van der Waals surface area contributed by atoms with Crippen LogP contribution in [0.15, 0.2) is 29.2 Å². The number of rotatable bonds is 4. The first-order valence-electron chi connectivity index (χ1n) is 6.55. The van der Waals surface area contributed by atoms with Crippen LogP contribution in [0.1, 0.15) is 19.8 Å². The summed E-state index contributed by atoms with van der Waals surface area (Å²) in [5.74, 6) is 0. The summed E-state index contributed by atoms with van der Waals surface area (Å²) in [5.41, 5.74) is 0.372. The number of halogens is 3. The molecule has 1 saturated heterocycles. The SMILES string of the molecule is CCCC1(N)CN(c2ccccc2S(=O)(=O)C(F)(F)F)C1. The number of nitrogens with two attached hydrogens (primary N) is 1. The van der Waals surface area contributed by atoms with Gasteiger partial charge in [0.05, 0.1) is 16.1 Å². The van der Waals surface area contributed by atoms with Gasteiger partial charge in [0.2, 0.25) is 0 Å². The van der Waals surface area contributed by atoms with E-state index >= 15 is 0 Å². The van der Waals surface area contributed by atoms with E-state index in [2.05, 4.69) is 0 Å². The van der Waals surface area contributed by atoms with Crippen LogP contribution in [-0.4, -0.2) is 32.6 Å². The van der Waals surface area contributed by atoms with E-state index in [4.69, 9.17) is 5.73 Å². The second-order valence-corrected chi connectivity index (χ2v) is 7.29. The first kappa shape index (κ1) is 16.1. The third-order valence-electron chi connectivity index (χ3n) is 3.56. The van der Waals surface area contributed by atoms with Crippen molar-refractivity contribution in [2.75, 3.05) is 18.0 Å². The molecule has 0 atom stereocenters. The maximum Gasteiger partial charge on any atom is 0.501 e. The van der Waals surface area contributed by atoms with Crippen molar-refractivity contribution in [1.82, 2.24) is 0 Å². The molecule has 1 fully saturated rings. The largest absolute Gasteiger partial charge is 0.501 e. The van der Waals surface area contributed by atoms with Crippen LogP contribution in [0.4, 0.5) is 18.9 Å². The van der Waals surface area contributed by atoms with E-state index in [1.165, 1.54) is 18.2 Å². The van der Waals surface area contributed by atoms with Crippen molar-refractivity contribution in [3.05, 3.63) is 24.3 Å². The molecule has 1 aliphatic rings. The number of nitrogens with zero attached hydrogens (tertiary/aromatic N) is 1. The lowest BCUT2D eigenvalue weighted by atomic mass is 9.86. The van der Waals surface area contributed by atoms with Crippen molar-refractivity contribution < 1.29 is 21.6 Å². The predicted molar refractivity (Wildman–Crippen MR) is 73.7 cm³/mol. The van der Waals surface area contributed by atoms with Gasteiger partial charge in [-0.3, -0.25) is 0 Å². The number of alkyl halides is 3. The first-order chi connectivity index (χ1) is 9.61. The predicted octanol–water partition coefficient (Wildman–Crippen LogP) is 2.30. The normalized spacial score (nSPS) is 18.4. The molecule has 0 spiro atoms. The van der Waals surface area contributed by atoms with Gasteiger partial charge in [0, 0.05) is 13.1 Å². The molecular weight excluding hydrogens is 305 g/mol. The Morgan fingerprint density at radius 3 is 2.38 bits per heavy atom. The average Bonchev–Trinajstić information content (AvgIpc) is 2.34. The summed E-state index contributed by atoms with van der Waals surface area (Å²) in [6.07, 6.45) is 1.62. The molecule has 1 heterocycles. The maximum atomic E-state index is 12.7. The highest BCUT2D eigenvalue weighted by atomic mass is 32.2.